The van der Waals surface area contributed by atoms with Gasteiger partial charge in [-0.2, -0.15) is 0 Å². The van der Waals surface area contributed by atoms with Crippen molar-refractivity contribution in [3.63, 3.8) is 0 Å². The van der Waals surface area contributed by atoms with Crippen LogP contribution in [0.4, 0.5) is 0 Å². The Morgan fingerprint density at radius 2 is 1.29 bits per heavy atom. The summed E-state index contributed by atoms with van der Waals surface area (Å²) in [5.74, 6) is -3.28. The monoisotopic (exact) mass is 288 g/mol. The molecule has 4 amide bonds. The molecule has 0 radical (unpaired) electrons. The number of carbonyl (C=O) groups excluding carboxylic acids is 4. The van der Waals surface area contributed by atoms with Crippen LogP contribution in [-0.4, -0.2) is 47.5 Å². The first-order valence-corrected chi connectivity index (χ1v) is 7.13. The maximum atomic E-state index is 12.5. The van der Waals surface area contributed by atoms with Crippen LogP contribution in [0.2, 0.25) is 0 Å². The molecule has 2 unspecified atom stereocenters. The van der Waals surface area contributed by atoms with Gasteiger partial charge in [-0.15, -0.1) is 0 Å². The van der Waals surface area contributed by atoms with E-state index in [9.17, 15) is 19.2 Å². The second kappa shape index (κ2) is 3.43. The number of imide groups is 2. The molecule has 5 rings (SSSR count). The largest absolute Gasteiger partial charge is 0.285 e. The summed E-state index contributed by atoms with van der Waals surface area (Å²) in [4.78, 5) is 52.1. The third-order valence-corrected chi connectivity index (χ3v) is 5.99. The lowest BCUT2D eigenvalue weighted by molar-refractivity contribution is -0.145. The Labute approximate surface area is 121 Å². The van der Waals surface area contributed by atoms with E-state index in [-0.39, 0.29) is 29.5 Å². The van der Waals surface area contributed by atoms with Gasteiger partial charge in [0, 0.05) is 25.4 Å². The van der Waals surface area contributed by atoms with E-state index in [4.69, 9.17) is 0 Å². The SMILES string of the molecule is CN1C(=O)[C@@H]2C3C=CC(C)([C@@H]2C1=O)[C@H]1C(=O)N(C)C(=O)[C@@H]31. The number of allylic oxidation sites excluding steroid dienone is 2. The van der Waals surface area contributed by atoms with Gasteiger partial charge in [-0.3, -0.25) is 29.0 Å². The van der Waals surface area contributed by atoms with Crippen molar-refractivity contribution in [2.75, 3.05) is 14.1 Å². The van der Waals surface area contributed by atoms with E-state index >= 15 is 0 Å². The maximum Gasteiger partial charge on any atom is 0.233 e. The van der Waals surface area contributed by atoms with Crippen LogP contribution >= 0.6 is 0 Å². The Morgan fingerprint density at radius 3 is 1.71 bits per heavy atom. The third kappa shape index (κ3) is 1.13. The summed E-state index contributed by atoms with van der Waals surface area (Å²) >= 11 is 0. The van der Waals surface area contributed by atoms with Crippen LogP contribution in [0.3, 0.4) is 0 Å². The van der Waals surface area contributed by atoms with Gasteiger partial charge in [0.2, 0.25) is 23.6 Å². The number of hydrogen-bond donors (Lipinski definition) is 0. The van der Waals surface area contributed by atoms with Crippen LogP contribution in [-0.2, 0) is 19.2 Å². The minimum atomic E-state index is -0.751. The molecule has 3 fully saturated rings. The molecule has 110 valence electrons. The summed E-state index contributed by atoms with van der Waals surface area (Å²) in [6, 6.07) is 0. The lowest BCUT2D eigenvalue weighted by Gasteiger charge is -2.51. The zero-order valence-electron chi connectivity index (χ0n) is 12.1. The molecule has 6 atom stereocenters. The fourth-order valence-corrected chi connectivity index (χ4v) is 4.94. The van der Waals surface area contributed by atoms with Crippen molar-refractivity contribution in [2.45, 2.75) is 6.92 Å². The summed E-state index contributed by atoms with van der Waals surface area (Å²) in [6.45, 7) is 1.84. The topological polar surface area (TPSA) is 74.8 Å². The number of carbonyl (C=O) groups is 4. The predicted molar refractivity (Wildman–Crippen MR) is 70.3 cm³/mol. The molecule has 2 saturated heterocycles. The summed E-state index contributed by atoms with van der Waals surface area (Å²) in [5.41, 5.74) is -0.751. The molecule has 2 aliphatic heterocycles. The first kappa shape index (κ1) is 12.7. The average molecular weight is 288 g/mol. The minimum Gasteiger partial charge on any atom is -0.285 e. The molecule has 6 nitrogen and oxygen atoms in total. The highest BCUT2D eigenvalue weighted by atomic mass is 16.2. The lowest BCUT2D eigenvalue weighted by atomic mass is 9.47. The molecule has 0 aromatic rings. The smallest absolute Gasteiger partial charge is 0.233 e. The summed E-state index contributed by atoms with van der Waals surface area (Å²) in [5, 5.41) is 0. The third-order valence-electron chi connectivity index (χ3n) is 5.99. The molecule has 0 spiro atoms. The van der Waals surface area contributed by atoms with E-state index < -0.39 is 29.1 Å². The number of likely N-dealkylation sites (tertiary alicyclic amines) is 2. The van der Waals surface area contributed by atoms with E-state index in [1.807, 2.05) is 19.1 Å². The van der Waals surface area contributed by atoms with Gasteiger partial charge in [0.05, 0.1) is 23.7 Å². The van der Waals surface area contributed by atoms with Crippen molar-refractivity contribution >= 4 is 23.6 Å². The van der Waals surface area contributed by atoms with E-state index in [0.717, 1.165) is 9.80 Å². The zero-order valence-corrected chi connectivity index (χ0v) is 12.1. The van der Waals surface area contributed by atoms with Crippen LogP contribution in [0.1, 0.15) is 6.92 Å². The van der Waals surface area contributed by atoms with Crippen LogP contribution in [0.15, 0.2) is 12.2 Å². The van der Waals surface area contributed by atoms with Crippen LogP contribution < -0.4 is 0 Å². The average Bonchev–Trinajstić information content (AvgIpc) is 2.83. The van der Waals surface area contributed by atoms with Crippen molar-refractivity contribution < 1.29 is 19.2 Å². The van der Waals surface area contributed by atoms with Crippen molar-refractivity contribution in [2.24, 2.45) is 35.0 Å². The van der Waals surface area contributed by atoms with Gasteiger partial charge in [0.1, 0.15) is 0 Å². The molecule has 2 heterocycles. The minimum absolute atomic E-state index is 0.223. The maximum absolute atomic E-state index is 12.5. The second-order valence-electron chi connectivity index (χ2n) is 6.78. The summed E-state index contributed by atoms with van der Waals surface area (Å²) in [6.07, 6.45) is 3.76. The molecule has 0 N–H and O–H groups in total. The Morgan fingerprint density at radius 1 is 0.857 bits per heavy atom. The lowest BCUT2D eigenvalue weighted by Crippen LogP contribution is -2.56. The van der Waals surface area contributed by atoms with Crippen molar-refractivity contribution in [1.29, 1.82) is 0 Å². The first-order chi connectivity index (χ1) is 9.80. The fourth-order valence-electron chi connectivity index (χ4n) is 4.94. The normalized spacial score (nSPS) is 47.5. The van der Waals surface area contributed by atoms with Gasteiger partial charge in [-0.1, -0.05) is 19.1 Å². The Hall–Kier alpha value is -1.98. The van der Waals surface area contributed by atoms with Gasteiger partial charge in [0.15, 0.2) is 0 Å². The fraction of sp³-hybridized carbons (Fsp3) is 0.600. The molecule has 3 aliphatic carbocycles. The van der Waals surface area contributed by atoms with Crippen LogP contribution in [0.25, 0.3) is 0 Å². The number of hydrogen-bond acceptors (Lipinski definition) is 4. The molecule has 5 aliphatic rings. The van der Waals surface area contributed by atoms with Gasteiger partial charge in [-0.05, 0) is 0 Å². The number of nitrogens with zero attached hydrogens (tertiary/aromatic N) is 2. The van der Waals surface area contributed by atoms with Crippen LogP contribution in [0, 0.1) is 35.0 Å². The molecule has 6 heteroatoms. The van der Waals surface area contributed by atoms with E-state index in [1.165, 1.54) is 14.1 Å². The first-order valence-electron chi connectivity index (χ1n) is 7.13. The predicted octanol–water partition coefficient (Wildman–Crippen LogP) is -0.346. The molecule has 0 aromatic heterocycles. The highest BCUT2D eigenvalue weighted by Gasteiger charge is 2.72. The molecule has 2 bridgehead atoms. The molecule has 21 heavy (non-hydrogen) atoms. The number of rotatable bonds is 0. The zero-order chi connectivity index (χ0) is 15.3. The molecule has 1 saturated carbocycles. The van der Waals surface area contributed by atoms with E-state index in [2.05, 4.69) is 0 Å². The van der Waals surface area contributed by atoms with Crippen LogP contribution in [0.5, 0.6) is 0 Å². The number of amides is 4. The van der Waals surface area contributed by atoms with Crippen molar-refractivity contribution in [3.05, 3.63) is 12.2 Å². The molecule has 0 aromatic carbocycles. The van der Waals surface area contributed by atoms with Crippen molar-refractivity contribution in [1.82, 2.24) is 9.80 Å². The van der Waals surface area contributed by atoms with Gasteiger partial charge in [-0.25, -0.2) is 0 Å². The quantitative estimate of drug-likeness (QED) is 0.451. The molecular formula is C15H16N2O4. The second-order valence-corrected chi connectivity index (χ2v) is 6.78. The molecular weight excluding hydrogens is 272 g/mol. The van der Waals surface area contributed by atoms with Gasteiger partial charge >= 0.3 is 0 Å². The Balaban J connectivity index is 1.94. The Kier molecular flexibility index (Phi) is 2.08. The Bertz CT molecular complexity index is 606. The van der Waals surface area contributed by atoms with Crippen molar-refractivity contribution in [3.8, 4) is 0 Å². The summed E-state index contributed by atoms with van der Waals surface area (Å²) < 4.78 is 0. The van der Waals surface area contributed by atoms with Gasteiger partial charge in [0.25, 0.3) is 0 Å². The highest BCUT2D eigenvalue weighted by molar-refractivity contribution is 6.11. The highest BCUT2D eigenvalue weighted by Crippen LogP contribution is 2.63. The van der Waals surface area contributed by atoms with E-state index in [1.54, 1.807) is 0 Å². The van der Waals surface area contributed by atoms with E-state index in [0.29, 0.717) is 0 Å². The van der Waals surface area contributed by atoms with Gasteiger partial charge < -0.3 is 0 Å². The summed E-state index contributed by atoms with van der Waals surface area (Å²) in [7, 11) is 2.97. The standard InChI is InChI=1S/C15H16N2O4/c1-15-5-4-6(7-9(15)13(20)16(2)11(7)18)8-10(15)14(21)17(3)12(8)19/h4-10H,1-3H3/t6?,7-,8+,9+,10-,15?.